The number of hydrogen-bond donors (Lipinski definition) is 1. The standard InChI is InChI=1S/C33H29F2N5O5/c1-21-2-8-26(32(42)40(21)24-6-3-22(34)4-7-24)31(41)37-23-5-9-29(27(35)18-23)45-30-19-25(20-39-28(30)10-13-36-39)38-14-11-33(12-15-38)43-16-17-44-33/h2-10,13,18-20H,11-12,14-17H2,1H3,(H,37,41). The topological polar surface area (TPSA) is 99.3 Å². The van der Waals surface area contributed by atoms with E-state index in [0.29, 0.717) is 49.0 Å². The van der Waals surface area contributed by atoms with Gasteiger partial charge in [-0.05, 0) is 61.5 Å². The number of fused-ring (bicyclic) bond motifs is 1. The maximum Gasteiger partial charge on any atom is 0.268 e. The van der Waals surface area contributed by atoms with Crippen LogP contribution in [-0.2, 0) is 9.47 Å². The molecule has 0 unspecified atom stereocenters. The van der Waals surface area contributed by atoms with Crippen LogP contribution in [0.5, 0.6) is 11.5 Å². The van der Waals surface area contributed by atoms with Crippen LogP contribution in [0.4, 0.5) is 20.2 Å². The molecule has 45 heavy (non-hydrogen) atoms. The first kappa shape index (κ1) is 28.7. The molecule has 230 valence electrons. The van der Waals surface area contributed by atoms with E-state index in [-0.39, 0.29) is 17.0 Å². The molecule has 10 nitrogen and oxygen atoms in total. The smallest absolute Gasteiger partial charge is 0.268 e. The number of aryl methyl sites for hydroxylation is 1. The average Bonchev–Trinajstić information content (AvgIpc) is 3.70. The van der Waals surface area contributed by atoms with Crippen molar-refractivity contribution < 1.29 is 27.8 Å². The molecule has 2 aromatic carbocycles. The first-order valence-corrected chi connectivity index (χ1v) is 14.6. The highest BCUT2D eigenvalue weighted by molar-refractivity contribution is 6.04. The van der Waals surface area contributed by atoms with Crippen LogP contribution < -0.4 is 20.5 Å². The maximum atomic E-state index is 15.4. The van der Waals surface area contributed by atoms with Gasteiger partial charge in [-0.25, -0.2) is 13.3 Å². The van der Waals surface area contributed by atoms with Gasteiger partial charge in [0, 0.05) is 55.1 Å². The van der Waals surface area contributed by atoms with E-state index in [0.717, 1.165) is 24.6 Å². The third kappa shape index (κ3) is 5.54. The summed E-state index contributed by atoms with van der Waals surface area (Å²) in [5, 5.41) is 6.95. The van der Waals surface area contributed by atoms with Crippen LogP contribution in [0, 0.1) is 18.6 Å². The van der Waals surface area contributed by atoms with E-state index >= 15 is 4.39 Å². The zero-order valence-corrected chi connectivity index (χ0v) is 24.3. The quantitative estimate of drug-likeness (QED) is 0.272. The summed E-state index contributed by atoms with van der Waals surface area (Å²) in [5.41, 5.74) is 1.90. The lowest BCUT2D eigenvalue weighted by molar-refractivity contribution is -0.169. The number of nitrogens with zero attached hydrogens (tertiary/aromatic N) is 4. The third-order valence-corrected chi connectivity index (χ3v) is 8.18. The first-order chi connectivity index (χ1) is 21.8. The van der Waals surface area contributed by atoms with Crippen LogP contribution in [-0.4, -0.2) is 52.2 Å². The average molecular weight is 614 g/mol. The Hall–Kier alpha value is -5.07. The largest absolute Gasteiger partial charge is 0.452 e. The van der Waals surface area contributed by atoms with Crippen molar-refractivity contribution in [2.45, 2.75) is 25.6 Å². The van der Waals surface area contributed by atoms with Crippen molar-refractivity contribution in [3.63, 3.8) is 0 Å². The molecule has 12 heteroatoms. The van der Waals surface area contributed by atoms with Gasteiger partial charge in [0.05, 0.1) is 31.3 Å². The molecule has 5 heterocycles. The number of nitrogens with one attached hydrogen (secondary N) is 1. The van der Waals surface area contributed by atoms with Crippen molar-refractivity contribution in [1.82, 2.24) is 14.2 Å². The number of pyridine rings is 2. The summed E-state index contributed by atoms with van der Waals surface area (Å²) in [5.74, 6) is -2.01. The lowest BCUT2D eigenvalue weighted by Gasteiger charge is -2.38. The van der Waals surface area contributed by atoms with E-state index in [1.807, 2.05) is 12.3 Å². The van der Waals surface area contributed by atoms with Gasteiger partial charge in [-0.1, -0.05) is 0 Å². The normalized spacial score (nSPS) is 15.9. The van der Waals surface area contributed by atoms with Gasteiger partial charge in [0.2, 0.25) is 0 Å². The van der Waals surface area contributed by atoms with Gasteiger partial charge in [-0.3, -0.25) is 14.2 Å². The van der Waals surface area contributed by atoms with Gasteiger partial charge in [0.25, 0.3) is 11.5 Å². The molecule has 0 radical (unpaired) electrons. The second kappa shape index (κ2) is 11.5. The van der Waals surface area contributed by atoms with Gasteiger partial charge in [-0.2, -0.15) is 5.10 Å². The minimum Gasteiger partial charge on any atom is -0.452 e. The Morgan fingerprint density at radius 3 is 2.42 bits per heavy atom. The molecule has 0 saturated carbocycles. The minimum absolute atomic E-state index is 0.0485. The van der Waals surface area contributed by atoms with Crippen molar-refractivity contribution in [3.8, 4) is 17.2 Å². The number of rotatable bonds is 6. The van der Waals surface area contributed by atoms with E-state index in [2.05, 4.69) is 15.3 Å². The highest BCUT2D eigenvalue weighted by atomic mass is 19.1. The third-order valence-electron chi connectivity index (χ3n) is 8.18. The number of halogens is 2. The van der Waals surface area contributed by atoms with Gasteiger partial charge < -0.3 is 24.4 Å². The fourth-order valence-electron chi connectivity index (χ4n) is 5.82. The van der Waals surface area contributed by atoms with Crippen LogP contribution in [0.2, 0.25) is 0 Å². The molecular formula is C33H29F2N5O5. The lowest BCUT2D eigenvalue weighted by Crippen LogP contribution is -2.45. The zero-order valence-electron chi connectivity index (χ0n) is 24.3. The Balaban J connectivity index is 1.10. The van der Waals surface area contributed by atoms with Gasteiger partial charge >= 0.3 is 0 Å². The summed E-state index contributed by atoms with van der Waals surface area (Å²) in [4.78, 5) is 28.5. The van der Waals surface area contributed by atoms with Crippen molar-refractivity contribution >= 4 is 22.8 Å². The molecule has 7 rings (SSSR count). The number of anilines is 2. The lowest BCUT2D eigenvalue weighted by atomic mass is 10.0. The first-order valence-electron chi connectivity index (χ1n) is 14.6. The Morgan fingerprint density at radius 1 is 0.933 bits per heavy atom. The summed E-state index contributed by atoms with van der Waals surface area (Å²) in [6.45, 7) is 4.34. The molecule has 2 fully saturated rings. The van der Waals surface area contributed by atoms with Gasteiger partial charge in [-0.15, -0.1) is 0 Å². The zero-order chi connectivity index (χ0) is 31.1. The number of aromatic nitrogens is 3. The van der Waals surface area contributed by atoms with Crippen LogP contribution in [0.15, 0.2) is 83.9 Å². The number of ether oxygens (including phenoxy) is 3. The molecule has 0 bridgehead atoms. The Morgan fingerprint density at radius 2 is 1.69 bits per heavy atom. The summed E-state index contributed by atoms with van der Waals surface area (Å²) in [6.07, 6.45) is 5.00. The second-order valence-electron chi connectivity index (χ2n) is 11.0. The van der Waals surface area contributed by atoms with Crippen molar-refractivity contribution in [1.29, 1.82) is 0 Å². The molecule has 2 aliphatic rings. The molecular weight excluding hydrogens is 584 g/mol. The summed E-state index contributed by atoms with van der Waals surface area (Å²) >= 11 is 0. The van der Waals surface area contributed by atoms with Crippen LogP contribution >= 0.6 is 0 Å². The fraction of sp³-hybridized carbons (Fsp3) is 0.242. The molecule has 1 amide bonds. The number of benzene rings is 2. The molecule has 2 aliphatic heterocycles. The summed E-state index contributed by atoms with van der Waals surface area (Å²) in [7, 11) is 0. The van der Waals surface area contributed by atoms with E-state index < -0.39 is 28.9 Å². The fourth-order valence-corrected chi connectivity index (χ4v) is 5.82. The van der Waals surface area contributed by atoms with Gasteiger partial charge in [0.15, 0.2) is 23.1 Å². The van der Waals surface area contributed by atoms with Crippen LogP contribution in [0.1, 0.15) is 28.9 Å². The van der Waals surface area contributed by atoms with Crippen molar-refractivity contribution in [2.75, 3.05) is 36.5 Å². The predicted octanol–water partition coefficient (Wildman–Crippen LogP) is 5.46. The maximum absolute atomic E-state index is 15.4. The minimum atomic E-state index is -0.714. The number of carbonyl (C=O) groups is 1. The van der Waals surface area contributed by atoms with E-state index in [4.69, 9.17) is 14.2 Å². The summed E-state index contributed by atoms with van der Waals surface area (Å²) < 4.78 is 49.5. The van der Waals surface area contributed by atoms with Crippen molar-refractivity contribution in [3.05, 3.63) is 112 Å². The van der Waals surface area contributed by atoms with Gasteiger partial charge in [0.1, 0.15) is 16.9 Å². The molecule has 5 aromatic rings. The summed E-state index contributed by atoms with van der Waals surface area (Å²) in [6, 6.07) is 16.0. The Labute approximate surface area is 256 Å². The SMILES string of the molecule is Cc1ccc(C(=O)Nc2ccc(Oc3cc(N4CCC5(CC4)OCCO5)cn4nccc34)c(F)c2)c(=O)n1-c1ccc(F)cc1. The van der Waals surface area contributed by atoms with Crippen molar-refractivity contribution in [2.24, 2.45) is 0 Å². The monoisotopic (exact) mass is 613 g/mol. The van der Waals surface area contributed by atoms with E-state index in [1.165, 1.54) is 47.0 Å². The molecule has 2 saturated heterocycles. The Kier molecular flexibility index (Phi) is 7.30. The molecule has 1 spiro atoms. The number of carbonyl (C=O) groups excluding carboxylic acids is 1. The highest BCUT2D eigenvalue weighted by Gasteiger charge is 2.40. The molecule has 0 atom stereocenters. The molecule has 1 N–H and O–H groups in total. The predicted molar refractivity (Wildman–Crippen MR) is 162 cm³/mol. The molecule has 3 aromatic heterocycles. The van der Waals surface area contributed by atoms with E-state index in [1.54, 1.807) is 29.8 Å². The van der Waals surface area contributed by atoms with Crippen LogP contribution in [0.25, 0.3) is 11.2 Å². The Bertz CT molecular complexity index is 1960. The number of amides is 1. The van der Waals surface area contributed by atoms with Crippen LogP contribution in [0.3, 0.4) is 0 Å². The van der Waals surface area contributed by atoms with E-state index in [9.17, 15) is 14.0 Å². The highest BCUT2D eigenvalue weighted by Crippen LogP contribution is 2.36. The number of hydrogen-bond acceptors (Lipinski definition) is 7. The second-order valence-corrected chi connectivity index (χ2v) is 11.0. The number of piperidine rings is 1. The molecule has 0 aliphatic carbocycles.